The number of hydrogen-bond donors (Lipinski definition) is 0. The van der Waals surface area contributed by atoms with Crippen LogP contribution in [0.3, 0.4) is 0 Å². The van der Waals surface area contributed by atoms with Crippen LogP contribution in [0.25, 0.3) is 0 Å². The topological polar surface area (TPSA) is 35.5 Å². The van der Waals surface area contributed by atoms with Crippen LogP contribution in [0.4, 0.5) is 0 Å². The van der Waals surface area contributed by atoms with E-state index in [-0.39, 0.29) is 5.97 Å². The Balaban J connectivity index is 1.25. The number of rotatable bonds is 6. The van der Waals surface area contributed by atoms with Crippen molar-refractivity contribution in [2.45, 2.75) is 45.1 Å². The van der Waals surface area contributed by atoms with Crippen LogP contribution in [0.15, 0.2) is 30.3 Å². The Kier molecular flexibility index (Phi) is 3.92. The van der Waals surface area contributed by atoms with Crippen LogP contribution in [0.1, 0.15) is 49.4 Å². The minimum absolute atomic E-state index is 0.263. The molecule has 5 rings (SSSR count). The van der Waals surface area contributed by atoms with Gasteiger partial charge in [0.1, 0.15) is 6.61 Å². The maximum Gasteiger partial charge on any atom is 0.338 e. The summed E-state index contributed by atoms with van der Waals surface area (Å²) in [5.41, 5.74) is 1.03. The zero-order valence-electron chi connectivity index (χ0n) is 13.9. The van der Waals surface area contributed by atoms with Crippen LogP contribution in [0, 0.1) is 23.2 Å². The number of hydrogen-bond acceptors (Lipinski definition) is 3. The highest BCUT2D eigenvalue weighted by Gasteiger charge is 2.60. The molecule has 1 aromatic carbocycles. The SMILES string of the molecule is CC(OCCOC(=O)c1ccccc1)C12CC3CC(CC1C3)C2. The van der Waals surface area contributed by atoms with E-state index in [0.29, 0.717) is 30.3 Å². The van der Waals surface area contributed by atoms with Crippen LogP contribution in [0.2, 0.25) is 0 Å². The molecule has 4 aliphatic carbocycles. The maximum atomic E-state index is 11.9. The molecule has 4 bridgehead atoms. The zero-order chi connectivity index (χ0) is 15.9. The van der Waals surface area contributed by atoms with Gasteiger partial charge in [0.2, 0.25) is 0 Å². The smallest absolute Gasteiger partial charge is 0.338 e. The molecular formula is C20H26O3. The maximum absolute atomic E-state index is 11.9. The van der Waals surface area contributed by atoms with Gasteiger partial charge in [-0.2, -0.15) is 0 Å². The van der Waals surface area contributed by atoms with Crippen molar-refractivity contribution < 1.29 is 14.3 Å². The van der Waals surface area contributed by atoms with Crippen LogP contribution >= 0.6 is 0 Å². The Morgan fingerprint density at radius 3 is 2.52 bits per heavy atom. The fourth-order valence-electron chi connectivity index (χ4n) is 5.71. The average Bonchev–Trinajstić information content (AvgIpc) is 2.97. The molecule has 4 aliphatic rings. The molecule has 0 aromatic heterocycles. The normalized spacial score (nSPS) is 35.4. The Labute approximate surface area is 138 Å². The van der Waals surface area contributed by atoms with Crippen molar-refractivity contribution in [1.82, 2.24) is 0 Å². The molecule has 0 N–H and O–H groups in total. The van der Waals surface area contributed by atoms with E-state index < -0.39 is 0 Å². The van der Waals surface area contributed by atoms with Crippen LogP contribution in [-0.2, 0) is 9.47 Å². The van der Waals surface area contributed by atoms with Crippen LogP contribution in [-0.4, -0.2) is 25.3 Å². The first-order valence-corrected chi connectivity index (χ1v) is 9.01. The predicted octanol–water partition coefficient (Wildman–Crippen LogP) is 4.07. The van der Waals surface area contributed by atoms with Crippen molar-refractivity contribution in [3.63, 3.8) is 0 Å². The Hall–Kier alpha value is -1.35. The van der Waals surface area contributed by atoms with Crippen molar-refractivity contribution in [2.75, 3.05) is 13.2 Å². The van der Waals surface area contributed by atoms with Gasteiger partial charge in [-0.05, 0) is 74.3 Å². The Morgan fingerprint density at radius 1 is 1.13 bits per heavy atom. The highest BCUT2D eigenvalue weighted by molar-refractivity contribution is 5.89. The minimum atomic E-state index is -0.263. The van der Waals surface area contributed by atoms with Crippen LogP contribution in [0.5, 0.6) is 0 Å². The van der Waals surface area contributed by atoms with Crippen molar-refractivity contribution in [1.29, 1.82) is 0 Å². The molecule has 0 spiro atoms. The molecule has 1 aromatic rings. The van der Waals surface area contributed by atoms with Crippen molar-refractivity contribution in [3.8, 4) is 0 Å². The minimum Gasteiger partial charge on any atom is -0.460 e. The number of benzene rings is 1. The van der Waals surface area contributed by atoms with Gasteiger partial charge in [0.25, 0.3) is 0 Å². The lowest BCUT2D eigenvalue weighted by Gasteiger charge is -2.38. The summed E-state index contributed by atoms with van der Waals surface area (Å²) in [5.74, 6) is 2.53. The largest absolute Gasteiger partial charge is 0.460 e. The molecule has 0 amide bonds. The Morgan fingerprint density at radius 2 is 1.83 bits per heavy atom. The molecule has 0 heterocycles. The third-order valence-corrected chi connectivity index (χ3v) is 6.56. The van der Waals surface area contributed by atoms with Gasteiger partial charge >= 0.3 is 5.97 Å². The van der Waals surface area contributed by atoms with Crippen molar-refractivity contribution in [3.05, 3.63) is 35.9 Å². The van der Waals surface area contributed by atoms with E-state index in [1.54, 1.807) is 12.1 Å². The first kappa shape index (κ1) is 15.2. The lowest BCUT2D eigenvalue weighted by molar-refractivity contribution is -0.0592. The molecule has 3 heteroatoms. The van der Waals surface area contributed by atoms with E-state index in [4.69, 9.17) is 9.47 Å². The highest BCUT2D eigenvalue weighted by atomic mass is 16.6. The average molecular weight is 314 g/mol. The molecule has 4 saturated carbocycles. The van der Waals surface area contributed by atoms with Gasteiger partial charge in [0, 0.05) is 0 Å². The summed E-state index contributed by atoms with van der Waals surface area (Å²) >= 11 is 0. The predicted molar refractivity (Wildman–Crippen MR) is 88.1 cm³/mol. The summed E-state index contributed by atoms with van der Waals surface area (Å²) in [6.07, 6.45) is 7.32. The summed E-state index contributed by atoms with van der Waals surface area (Å²) in [4.78, 5) is 11.9. The molecule has 3 nitrogen and oxygen atoms in total. The summed E-state index contributed by atoms with van der Waals surface area (Å²) in [5, 5.41) is 0. The van der Waals surface area contributed by atoms with Gasteiger partial charge in [0.15, 0.2) is 0 Å². The molecule has 124 valence electrons. The monoisotopic (exact) mass is 314 g/mol. The van der Waals surface area contributed by atoms with Gasteiger partial charge in [-0.3, -0.25) is 0 Å². The third kappa shape index (κ3) is 2.69. The number of esters is 1. The number of ether oxygens (including phenoxy) is 2. The summed E-state index contributed by atoms with van der Waals surface area (Å²) in [6, 6.07) is 9.14. The Bertz CT molecular complexity index is 554. The lowest BCUT2D eigenvalue weighted by Crippen LogP contribution is -2.37. The second kappa shape index (κ2) is 5.94. The molecule has 4 fully saturated rings. The van der Waals surface area contributed by atoms with Crippen LogP contribution < -0.4 is 0 Å². The molecule has 3 unspecified atom stereocenters. The quantitative estimate of drug-likeness (QED) is 0.586. The zero-order valence-corrected chi connectivity index (χ0v) is 13.9. The second-order valence-electron chi connectivity index (χ2n) is 7.79. The molecule has 0 saturated heterocycles. The van der Waals surface area contributed by atoms with E-state index in [2.05, 4.69) is 6.92 Å². The van der Waals surface area contributed by atoms with E-state index in [0.717, 1.165) is 17.8 Å². The van der Waals surface area contributed by atoms with E-state index >= 15 is 0 Å². The van der Waals surface area contributed by atoms with E-state index in [1.165, 1.54) is 32.1 Å². The van der Waals surface area contributed by atoms with E-state index in [9.17, 15) is 4.79 Å². The second-order valence-corrected chi connectivity index (χ2v) is 7.79. The standard InChI is InChI=1S/C20H26O3/c1-14(20-12-15-9-16(13-20)11-18(20)10-15)22-7-8-23-19(21)17-5-3-2-4-6-17/h2-6,14-16,18H,7-13H2,1H3. The number of carbonyl (C=O) groups is 1. The summed E-state index contributed by atoms with van der Waals surface area (Å²) in [7, 11) is 0. The van der Waals surface area contributed by atoms with Gasteiger partial charge in [0.05, 0.1) is 18.3 Å². The highest BCUT2D eigenvalue weighted by Crippen LogP contribution is 2.67. The molecule has 0 radical (unpaired) electrons. The first-order chi connectivity index (χ1) is 11.2. The fourth-order valence-corrected chi connectivity index (χ4v) is 5.71. The molecular weight excluding hydrogens is 288 g/mol. The lowest BCUT2D eigenvalue weighted by atomic mass is 9.72. The van der Waals surface area contributed by atoms with E-state index in [1.807, 2.05) is 18.2 Å². The summed E-state index contributed by atoms with van der Waals surface area (Å²) in [6.45, 7) is 3.08. The van der Waals surface area contributed by atoms with Gasteiger partial charge in [-0.15, -0.1) is 0 Å². The van der Waals surface area contributed by atoms with Gasteiger partial charge < -0.3 is 9.47 Å². The first-order valence-electron chi connectivity index (χ1n) is 9.01. The molecule has 0 aliphatic heterocycles. The third-order valence-electron chi connectivity index (χ3n) is 6.56. The van der Waals surface area contributed by atoms with Crippen molar-refractivity contribution >= 4 is 5.97 Å². The van der Waals surface area contributed by atoms with Gasteiger partial charge in [-0.1, -0.05) is 18.2 Å². The summed E-state index contributed by atoms with van der Waals surface area (Å²) < 4.78 is 11.4. The number of carbonyl (C=O) groups excluding carboxylic acids is 1. The van der Waals surface area contributed by atoms with Crippen molar-refractivity contribution in [2.24, 2.45) is 23.2 Å². The fraction of sp³-hybridized carbons (Fsp3) is 0.650. The molecule has 23 heavy (non-hydrogen) atoms. The van der Waals surface area contributed by atoms with Gasteiger partial charge in [-0.25, -0.2) is 4.79 Å². The molecule has 3 atom stereocenters.